The van der Waals surface area contributed by atoms with Gasteiger partial charge in [-0.05, 0) is 15.9 Å². The quantitative estimate of drug-likeness (QED) is 0.815. The third-order valence-corrected chi connectivity index (χ3v) is 3.91. The summed E-state index contributed by atoms with van der Waals surface area (Å²) in [4.78, 5) is 3.70. The molecule has 90 valence electrons. The van der Waals surface area contributed by atoms with E-state index in [0.717, 1.165) is 4.68 Å². The van der Waals surface area contributed by atoms with E-state index in [2.05, 4.69) is 46.1 Å². The Morgan fingerprint density at radius 2 is 2.12 bits per heavy atom. The number of halogens is 1. The Balaban J connectivity index is 2.39. The zero-order valence-electron chi connectivity index (χ0n) is 8.44. The van der Waals surface area contributed by atoms with E-state index in [4.69, 9.17) is 0 Å². The van der Waals surface area contributed by atoms with Crippen LogP contribution in [-0.4, -0.2) is 38.6 Å². The molecule has 0 radical (unpaired) electrons. The topological polar surface area (TPSA) is 116 Å². The molecule has 0 fully saturated rings. The van der Waals surface area contributed by atoms with Crippen molar-refractivity contribution in [1.29, 1.82) is 0 Å². The summed E-state index contributed by atoms with van der Waals surface area (Å²) >= 11 is 3.00. The maximum Gasteiger partial charge on any atom is 0.284 e. The van der Waals surface area contributed by atoms with Crippen LogP contribution >= 0.6 is 15.9 Å². The SMILES string of the molecule is Cn1nnc(Br)c1S(=O)(=O)Nc1nccnn1. The van der Waals surface area contributed by atoms with Gasteiger partial charge in [0.25, 0.3) is 16.0 Å². The van der Waals surface area contributed by atoms with E-state index in [1.807, 2.05) is 0 Å². The number of rotatable bonds is 3. The van der Waals surface area contributed by atoms with Crippen LogP contribution in [0.25, 0.3) is 0 Å². The Kier molecular flexibility index (Phi) is 3.02. The van der Waals surface area contributed by atoms with Crippen molar-refractivity contribution in [2.45, 2.75) is 5.03 Å². The number of anilines is 1. The van der Waals surface area contributed by atoms with Gasteiger partial charge in [0, 0.05) is 7.05 Å². The highest BCUT2D eigenvalue weighted by molar-refractivity contribution is 9.10. The van der Waals surface area contributed by atoms with Crippen LogP contribution in [0.1, 0.15) is 0 Å². The molecule has 0 unspecified atom stereocenters. The third kappa shape index (κ3) is 2.39. The van der Waals surface area contributed by atoms with Crippen LogP contribution in [0.4, 0.5) is 5.95 Å². The molecule has 0 aliphatic heterocycles. The van der Waals surface area contributed by atoms with Crippen molar-refractivity contribution >= 4 is 31.9 Å². The lowest BCUT2D eigenvalue weighted by atomic mass is 10.9. The normalized spacial score (nSPS) is 11.4. The van der Waals surface area contributed by atoms with Crippen LogP contribution < -0.4 is 4.72 Å². The number of nitrogens with one attached hydrogen (secondary N) is 1. The van der Waals surface area contributed by atoms with Crippen LogP contribution in [0, 0.1) is 0 Å². The Labute approximate surface area is 104 Å². The fourth-order valence-corrected chi connectivity index (χ4v) is 3.12. The van der Waals surface area contributed by atoms with Gasteiger partial charge < -0.3 is 0 Å². The maximum absolute atomic E-state index is 12.0. The van der Waals surface area contributed by atoms with E-state index in [-0.39, 0.29) is 15.6 Å². The molecule has 17 heavy (non-hydrogen) atoms. The highest BCUT2D eigenvalue weighted by Crippen LogP contribution is 2.19. The number of hydrogen-bond acceptors (Lipinski definition) is 7. The van der Waals surface area contributed by atoms with Crippen molar-refractivity contribution in [3.8, 4) is 0 Å². The van der Waals surface area contributed by atoms with E-state index >= 15 is 0 Å². The predicted molar refractivity (Wildman–Crippen MR) is 59.3 cm³/mol. The number of aryl methyl sites for hydroxylation is 1. The van der Waals surface area contributed by atoms with Gasteiger partial charge in [-0.25, -0.2) is 14.4 Å². The highest BCUT2D eigenvalue weighted by atomic mass is 79.9. The molecule has 0 atom stereocenters. The van der Waals surface area contributed by atoms with Crippen molar-refractivity contribution in [3.05, 3.63) is 17.0 Å². The Hall–Kier alpha value is -1.62. The molecule has 0 bridgehead atoms. The first-order valence-electron chi connectivity index (χ1n) is 4.22. The molecule has 0 amide bonds. The highest BCUT2D eigenvalue weighted by Gasteiger charge is 2.24. The Bertz CT molecular complexity index is 606. The lowest BCUT2D eigenvalue weighted by Gasteiger charge is -2.04. The summed E-state index contributed by atoms with van der Waals surface area (Å²) in [7, 11) is -2.40. The van der Waals surface area contributed by atoms with Gasteiger partial charge in [0.15, 0.2) is 4.60 Å². The Morgan fingerprint density at radius 1 is 1.35 bits per heavy atom. The summed E-state index contributed by atoms with van der Waals surface area (Å²) < 4.78 is 27.3. The molecule has 9 nitrogen and oxygen atoms in total. The molecule has 1 N–H and O–H groups in total. The molecule has 11 heteroatoms. The van der Waals surface area contributed by atoms with E-state index in [1.165, 1.54) is 19.4 Å². The van der Waals surface area contributed by atoms with Gasteiger partial charge in [-0.1, -0.05) is 5.21 Å². The second-order valence-electron chi connectivity index (χ2n) is 2.88. The minimum Gasteiger partial charge on any atom is -0.245 e. The fraction of sp³-hybridized carbons (Fsp3) is 0.167. The number of nitrogens with zero attached hydrogens (tertiary/aromatic N) is 6. The number of hydrogen-bond donors (Lipinski definition) is 1. The number of aromatic nitrogens is 6. The Morgan fingerprint density at radius 3 is 2.65 bits per heavy atom. The molecule has 0 saturated heterocycles. The standard InChI is InChI=1S/C6H6BrN7O2S/c1-14-5(4(7)10-13-14)17(15,16)12-6-8-2-3-9-11-6/h2-3H,1H3,(H,8,11,12). The third-order valence-electron chi connectivity index (χ3n) is 1.70. The minimum atomic E-state index is -3.86. The van der Waals surface area contributed by atoms with Gasteiger partial charge in [-0.3, -0.25) is 0 Å². The summed E-state index contributed by atoms with van der Waals surface area (Å²) in [5.41, 5.74) is 0. The summed E-state index contributed by atoms with van der Waals surface area (Å²) in [6.07, 6.45) is 2.65. The zero-order chi connectivity index (χ0) is 12.5. The van der Waals surface area contributed by atoms with Crippen LogP contribution in [0.15, 0.2) is 22.0 Å². The molecule has 0 aromatic carbocycles. The van der Waals surface area contributed by atoms with Crippen molar-refractivity contribution in [3.63, 3.8) is 0 Å². The molecular weight excluding hydrogens is 314 g/mol. The van der Waals surface area contributed by atoms with E-state index in [1.54, 1.807) is 0 Å². The zero-order valence-corrected chi connectivity index (χ0v) is 10.8. The van der Waals surface area contributed by atoms with Crippen LogP contribution in [-0.2, 0) is 17.1 Å². The van der Waals surface area contributed by atoms with Crippen LogP contribution in [0.2, 0.25) is 0 Å². The van der Waals surface area contributed by atoms with Gasteiger partial charge >= 0.3 is 0 Å². The van der Waals surface area contributed by atoms with Crippen LogP contribution in [0.5, 0.6) is 0 Å². The molecule has 2 heterocycles. The van der Waals surface area contributed by atoms with E-state index in [9.17, 15) is 8.42 Å². The minimum absolute atomic E-state index is 0.108. The first-order valence-corrected chi connectivity index (χ1v) is 6.50. The maximum atomic E-state index is 12.0. The van der Waals surface area contributed by atoms with Gasteiger partial charge in [0.2, 0.25) is 5.03 Å². The summed E-state index contributed by atoms with van der Waals surface area (Å²) in [6.45, 7) is 0. The summed E-state index contributed by atoms with van der Waals surface area (Å²) in [5, 5.41) is 14.0. The monoisotopic (exact) mass is 319 g/mol. The lowest BCUT2D eigenvalue weighted by Crippen LogP contribution is -2.18. The molecule has 0 spiro atoms. The number of sulfonamides is 1. The lowest BCUT2D eigenvalue weighted by molar-refractivity contribution is 0.578. The van der Waals surface area contributed by atoms with E-state index < -0.39 is 10.0 Å². The van der Waals surface area contributed by atoms with Crippen molar-refractivity contribution < 1.29 is 8.42 Å². The first kappa shape index (κ1) is 11.9. The molecule has 2 aromatic rings. The average molecular weight is 320 g/mol. The average Bonchev–Trinajstić information content (AvgIpc) is 2.59. The molecule has 2 aromatic heterocycles. The molecular formula is C6H6BrN7O2S. The van der Waals surface area contributed by atoms with E-state index in [0.29, 0.717) is 0 Å². The second kappa shape index (κ2) is 4.33. The largest absolute Gasteiger partial charge is 0.284 e. The van der Waals surface area contributed by atoms with Crippen molar-refractivity contribution in [2.75, 3.05) is 4.72 Å². The smallest absolute Gasteiger partial charge is 0.245 e. The van der Waals surface area contributed by atoms with Gasteiger partial charge in [0.05, 0.1) is 12.4 Å². The van der Waals surface area contributed by atoms with Crippen LogP contribution in [0.3, 0.4) is 0 Å². The molecule has 0 saturated carbocycles. The molecule has 0 aliphatic carbocycles. The van der Waals surface area contributed by atoms with Crippen molar-refractivity contribution in [1.82, 2.24) is 30.2 Å². The summed E-state index contributed by atoms with van der Waals surface area (Å²) in [5.74, 6) is -0.124. The molecule has 2 rings (SSSR count). The second-order valence-corrected chi connectivity index (χ2v) is 5.23. The first-order chi connectivity index (χ1) is 8.00. The van der Waals surface area contributed by atoms with Gasteiger partial charge in [0.1, 0.15) is 0 Å². The summed E-state index contributed by atoms with van der Waals surface area (Å²) in [6, 6.07) is 0. The molecule has 0 aliphatic rings. The fourth-order valence-electron chi connectivity index (χ4n) is 1.07. The van der Waals surface area contributed by atoms with Gasteiger partial charge in [-0.15, -0.1) is 10.2 Å². The van der Waals surface area contributed by atoms with Crippen molar-refractivity contribution in [2.24, 2.45) is 7.05 Å². The van der Waals surface area contributed by atoms with Gasteiger partial charge in [-0.2, -0.15) is 13.5 Å². The predicted octanol–water partition coefficient (Wildman–Crippen LogP) is -0.437.